The van der Waals surface area contributed by atoms with Crippen molar-refractivity contribution in [2.75, 3.05) is 0 Å². The van der Waals surface area contributed by atoms with Crippen LogP contribution in [0.2, 0.25) is 5.02 Å². The van der Waals surface area contributed by atoms with Crippen molar-refractivity contribution < 1.29 is 19.1 Å². The summed E-state index contributed by atoms with van der Waals surface area (Å²) in [5.41, 5.74) is -0.0649. The van der Waals surface area contributed by atoms with Gasteiger partial charge in [0.1, 0.15) is 5.58 Å². The fraction of sp³-hybridized carbons (Fsp3) is 0.333. The summed E-state index contributed by atoms with van der Waals surface area (Å²) >= 11 is 5.90. The Labute approximate surface area is 125 Å². The molecule has 1 aromatic carbocycles. The van der Waals surface area contributed by atoms with Crippen molar-refractivity contribution in [1.29, 1.82) is 0 Å². The molecule has 1 aliphatic rings. The van der Waals surface area contributed by atoms with Gasteiger partial charge in [0, 0.05) is 10.4 Å². The van der Waals surface area contributed by atoms with E-state index < -0.39 is 11.5 Å². The molecule has 1 saturated carbocycles. The minimum absolute atomic E-state index is 0.0647. The number of carboxylic acids is 1. The lowest BCUT2D eigenvalue weighted by molar-refractivity contribution is -0.139. The Hall–Kier alpha value is -2.01. The van der Waals surface area contributed by atoms with Crippen LogP contribution in [-0.4, -0.2) is 22.5 Å². The first-order chi connectivity index (χ1) is 9.97. The Kier molecular flexibility index (Phi) is 3.37. The van der Waals surface area contributed by atoms with Crippen molar-refractivity contribution in [3.8, 4) is 0 Å². The van der Waals surface area contributed by atoms with Crippen molar-refractivity contribution in [3.05, 3.63) is 35.0 Å². The highest BCUT2D eigenvalue weighted by Gasteiger charge is 2.40. The fourth-order valence-electron chi connectivity index (χ4n) is 2.67. The molecule has 0 radical (unpaired) electrons. The molecule has 5 nitrogen and oxygen atoms in total. The lowest BCUT2D eigenvalue weighted by atomic mass is 9.74. The van der Waals surface area contributed by atoms with Gasteiger partial charge in [0.15, 0.2) is 5.76 Å². The van der Waals surface area contributed by atoms with Crippen LogP contribution in [0.3, 0.4) is 0 Å². The molecule has 0 saturated heterocycles. The molecule has 110 valence electrons. The number of carbonyl (C=O) groups is 2. The van der Waals surface area contributed by atoms with Crippen LogP contribution >= 0.6 is 11.6 Å². The number of hydrogen-bond acceptors (Lipinski definition) is 3. The molecule has 1 aliphatic carbocycles. The van der Waals surface area contributed by atoms with Gasteiger partial charge in [0.2, 0.25) is 0 Å². The second-order valence-electron chi connectivity index (χ2n) is 5.45. The number of halogens is 1. The van der Waals surface area contributed by atoms with Crippen LogP contribution in [0.4, 0.5) is 0 Å². The number of furan rings is 1. The smallest absolute Gasteiger partial charge is 0.305 e. The highest BCUT2D eigenvalue weighted by Crippen LogP contribution is 2.35. The maximum Gasteiger partial charge on any atom is 0.305 e. The van der Waals surface area contributed by atoms with Gasteiger partial charge in [-0.2, -0.15) is 0 Å². The molecule has 0 aliphatic heterocycles. The molecule has 1 heterocycles. The molecular weight excluding hydrogens is 294 g/mol. The normalized spacial score (nSPS) is 16.4. The number of amides is 1. The summed E-state index contributed by atoms with van der Waals surface area (Å²) in [7, 11) is 0. The van der Waals surface area contributed by atoms with E-state index >= 15 is 0 Å². The van der Waals surface area contributed by atoms with E-state index in [2.05, 4.69) is 5.32 Å². The van der Waals surface area contributed by atoms with Crippen LogP contribution in [0, 0.1) is 0 Å². The fourth-order valence-corrected chi connectivity index (χ4v) is 2.85. The number of aliphatic carboxylic acids is 1. The minimum atomic E-state index is -0.911. The quantitative estimate of drug-likeness (QED) is 0.909. The number of hydrogen-bond donors (Lipinski definition) is 2. The Bertz CT molecular complexity index is 718. The largest absolute Gasteiger partial charge is 0.481 e. The summed E-state index contributed by atoms with van der Waals surface area (Å²) in [5, 5.41) is 13.1. The first-order valence-corrected chi connectivity index (χ1v) is 7.09. The topological polar surface area (TPSA) is 79.5 Å². The van der Waals surface area contributed by atoms with E-state index in [1.807, 2.05) is 0 Å². The Balaban J connectivity index is 1.81. The van der Waals surface area contributed by atoms with Crippen molar-refractivity contribution in [3.63, 3.8) is 0 Å². The van der Waals surface area contributed by atoms with Gasteiger partial charge in [-0.05, 0) is 43.5 Å². The van der Waals surface area contributed by atoms with Crippen LogP contribution in [0.25, 0.3) is 11.0 Å². The summed E-state index contributed by atoms with van der Waals surface area (Å²) in [6, 6.07) is 6.72. The Morgan fingerprint density at radius 2 is 2.10 bits per heavy atom. The number of fused-ring (bicyclic) bond motifs is 1. The van der Waals surface area contributed by atoms with Gasteiger partial charge < -0.3 is 14.8 Å². The van der Waals surface area contributed by atoms with Crippen LogP contribution in [0.15, 0.2) is 28.7 Å². The first-order valence-electron chi connectivity index (χ1n) is 6.71. The Morgan fingerprint density at radius 3 is 2.71 bits per heavy atom. The predicted octanol–water partition coefficient (Wildman–Crippen LogP) is 3.21. The number of rotatable bonds is 4. The molecule has 3 rings (SSSR count). The monoisotopic (exact) mass is 307 g/mol. The van der Waals surface area contributed by atoms with Gasteiger partial charge in [-0.25, -0.2) is 0 Å². The molecule has 0 atom stereocenters. The summed E-state index contributed by atoms with van der Waals surface area (Å²) in [5.74, 6) is -1.13. The van der Waals surface area contributed by atoms with E-state index in [1.54, 1.807) is 24.3 Å². The third-order valence-electron chi connectivity index (χ3n) is 3.88. The van der Waals surface area contributed by atoms with Crippen molar-refractivity contribution in [2.24, 2.45) is 0 Å². The van der Waals surface area contributed by atoms with E-state index in [4.69, 9.17) is 21.1 Å². The summed E-state index contributed by atoms with van der Waals surface area (Å²) in [6.45, 7) is 0. The molecule has 2 aromatic rings. The zero-order chi connectivity index (χ0) is 15.0. The highest BCUT2D eigenvalue weighted by molar-refractivity contribution is 6.31. The van der Waals surface area contributed by atoms with E-state index in [1.165, 1.54) is 0 Å². The molecular formula is C15H14ClNO4. The third-order valence-corrected chi connectivity index (χ3v) is 4.12. The molecule has 0 bridgehead atoms. The zero-order valence-electron chi connectivity index (χ0n) is 11.2. The zero-order valence-corrected chi connectivity index (χ0v) is 11.9. The van der Waals surface area contributed by atoms with E-state index in [0.717, 1.165) is 11.8 Å². The first kappa shape index (κ1) is 13.9. The second kappa shape index (κ2) is 5.07. The molecule has 1 aromatic heterocycles. The van der Waals surface area contributed by atoms with E-state index in [-0.39, 0.29) is 18.1 Å². The average Bonchev–Trinajstić information content (AvgIpc) is 2.78. The van der Waals surface area contributed by atoms with Crippen molar-refractivity contribution in [2.45, 2.75) is 31.2 Å². The summed E-state index contributed by atoms with van der Waals surface area (Å²) in [4.78, 5) is 23.2. The van der Waals surface area contributed by atoms with Gasteiger partial charge in [0.05, 0.1) is 12.0 Å². The standard InChI is InChI=1S/C15H14ClNO4/c16-10-2-3-11-9(6-10)7-12(21-11)14(20)17-15(4-1-5-15)8-13(18)19/h2-3,6-7H,1,4-5,8H2,(H,17,20)(H,18,19). The second-order valence-corrected chi connectivity index (χ2v) is 5.89. The van der Waals surface area contributed by atoms with Crippen molar-refractivity contribution >= 4 is 34.4 Å². The predicted molar refractivity (Wildman–Crippen MR) is 77.5 cm³/mol. The number of carboxylic acid groups (broad SMARTS) is 1. The highest BCUT2D eigenvalue weighted by atomic mass is 35.5. The molecule has 6 heteroatoms. The average molecular weight is 308 g/mol. The van der Waals surface area contributed by atoms with Crippen LogP contribution < -0.4 is 5.32 Å². The summed E-state index contributed by atoms with van der Waals surface area (Å²) in [6.07, 6.45) is 2.21. The van der Waals surface area contributed by atoms with Crippen LogP contribution in [-0.2, 0) is 4.79 Å². The van der Waals surface area contributed by atoms with Crippen LogP contribution in [0.1, 0.15) is 36.2 Å². The molecule has 1 amide bonds. The molecule has 0 unspecified atom stereocenters. The lowest BCUT2D eigenvalue weighted by Crippen LogP contribution is -2.54. The number of nitrogens with one attached hydrogen (secondary N) is 1. The lowest BCUT2D eigenvalue weighted by Gasteiger charge is -2.41. The van der Waals surface area contributed by atoms with E-state index in [0.29, 0.717) is 23.4 Å². The maximum atomic E-state index is 12.3. The van der Waals surface area contributed by atoms with Crippen molar-refractivity contribution in [1.82, 2.24) is 5.32 Å². The molecule has 1 fully saturated rings. The third kappa shape index (κ3) is 2.74. The van der Waals surface area contributed by atoms with Crippen LogP contribution in [0.5, 0.6) is 0 Å². The minimum Gasteiger partial charge on any atom is -0.481 e. The Morgan fingerprint density at radius 1 is 1.33 bits per heavy atom. The molecule has 2 N–H and O–H groups in total. The molecule has 21 heavy (non-hydrogen) atoms. The number of benzene rings is 1. The summed E-state index contributed by atoms with van der Waals surface area (Å²) < 4.78 is 5.49. The van der Waals surface area contributed by atoms with E-state index in [9.17, 15) is 9.59 Å². The molecule has 0 spiro atoms. The maximum absolute atomic E-state index is 12.3. The van der Waals surface area contributed by atoms with Gasteiger partial charge in [-0.1, -0.05) is 11.6 Å². The van der Waals surface area contributed by atoms with Gasteiger partial charge in [-0.15, -0.1) is 0 Å². The van der Waals surface area contributed by atoms with Gasteiger partial charge in [0.25, 0.3) is 5.91 Å². The van der Waals surface area contributed by atoms with Gasteiger partial charge >= 0.3 is 5.97 Å². The van der Waals surface area contributed by atoms with Gasteiger partial charge in [-0.3, -0.25) is 9.59 Å². The number of carbonyl (C=O) groups excluding carboxylic acids is 1. The SMILES string of the molecule is O=C(O)CC1(NC(=O)c2cc3cc(Cl)ccc3o2)CCC1.